The van der Waals surface area contributed by atoms with Crippen molar-refractivity contribution in [3.05, 3.63) is 71.0 Å². The van der Waals surface area contributed by atoms with Crippen molar-refractivity contribution in [2.45, 2.75) is 38.5 Å². The van der Waals surface area contributed by atoms with E-state index in [2.05, 4.69) is 0 Å². The first kappa shape index (κ1) is 19.6. The van der Waals surface area contributed by atoms with Crippen molar-refractivity contribution in [2.75, 3.05) is 13.1 Å². The number of piperidine rings is 1. The van der Waals surface area contributed by atoms with Gasteiger partial charge < -0.3 is 10.0 Å². The van der Waals surface area contributed by atoms with E-state index < -0.39 is 11.4 Å². The monoisotopic (exact) mass is 395 g/mol. The molecule has 0 spiro atoms. The molecule has 4 rings (SSSR count). The molecule has 1 amide bonds. The quantitative estimate of drug-likeness (QED) is 0.792. The van der Waals surface area contributed by atoms with Crippen LogP contribution >= 0.6 is 0 Å². The van der Waals surface area contributed by atoms with Gasteiger partial charge in [-0.3, -0.25) is 4.79 Å². The first-order chi connectivity index (χ1) is 14.0. The third-order valence-corrected chi connectivity index (χ3v) is 6.45. The normalized spacial score (nSPS) is 18.4. The highest BCUT2D eigenvalue weighted by atomic mass is 19.1. The van der Waals surface area contributed by atoms with Crippen LogP contribution in [-0.4, -0.2) is 35.0 Å². The zero-order chi connectivity index (χ0) is 20.4. The Morgan fingerprint density at radius 2 is 1.62 bits per heavy atom. The van der Waals surface area contributed by atoms with Crippen LogP contribution in [0.2, 0.25) is 0 Å². The lowest BCUT2D eigenvalue weighted by Gasteiger charge is -2.34. The summed E-state index contributed by atoms with van der Waals surface area (Å²) in [6.45, 7) is 1.38. The standard InChI is InChI=1S/C24H26FNO3/c25-21-8-4-2-6-19(21)16-24(11-12-24)23(29)26-13-9-17(10-14-26)15-18-5-1-3-7-20(18)22(27)28/h1-8,17H,9-16H2,(H,27,28). The number of halogens is 1. The Kier molecular flexibility index (Phi) is 5.39. The van der Waals surface area contributed by atoms with Crippen LogP contribution in [0.1, 0.15) is 47.2 Å². The van der Waals surface area contributed by atoms with Crippen LogP contribution in [-0.2, 0) is 17.6 Å². The van der Waals surface area contributed by atoms with Crippen molar-refractivity contribution in [3.63, 3.8) is 0 Å². The molecule has 1 heterocycles. The number of hydrogen-bond donors (Lipinski definition) is 1. The molecule has 0 aromatic heterocycles. The highest BCUT2D eigenvalue weighted by Crippen LogP contribution is 2.50. The predicted octanol–water partition coefficient (Wildman–Crippen LogP) is 4.33. The maximum atomic E-state index is 14.0. The minimum absolute atomic E-state index is 0.158. The fraction of sp³-hybridized carbons (Fsp3) is 0.417. The number of aromatic carboxylic acids is 1. The van der Waals surface area contributed by atoms with Gasteiger partial charge in [0.05, 0.1) is 11.0 Å². The van der Waals surface area contributed by atoms with Gasteiger partial charge in [-0.25, -0.2) is 9.18 Å². The summed E-state index contributed by atoms with van der Waals surface area (Å²) in [6, 6.07) is 13.9. The van der Waals surface area contributed by atoms with Gasteiger partial charge >= 0.3 is 5.97 Å². The maximum absolute atomic E-state index is 14.0. The number of nitrogens with zero attached hydrogens (tertiary/aromatic N) is 1. The van der Waals surface area contributed by atoms with Crippen molar-refractivity contribution < 1.29 is 19.1 Å². The number of benzene rings is 2. The second-order valence-corrected chi connectivity index (χ2v) is 8.45. The molecule has 5 heteroatoms. The topological polar surface area (TPSA) is 57.6 Å². The number of amides is 1. The van der Waals surface area contributed by atoms with E-state index in [1.165, 1.54) is 6.07 Å². The first-order valence-corrected chi connectivity index (χ1v) is 10.3. The molecular weight excluding hydrogens is 369 g/mol. The molecule has 2 aliphatic rings. The summed E-state index contributed by atoms with van der Waals surface area (Å²) in [6.07, 6.45) is 4.60. The van der Waals surface area contributed by atoms with E-state index >= 15 is 0 Å². The summed E-state index contributed by atoms with van der Waals surface area (Å²) in [5.41, 5.74) is 1.43. The third kappa shape index (κ3) is 4.19. The SMILES string of the molecule is O=C(O)c1ccccc1CC1CCN(C(=O)C2(Cc3ccccc3F)CC2)CC1. The van der Waals surface area contributed by atoms with Crippen molar-refractivity contribution in [1.82, 2.24) is 4.90 Å². The molecule has 1 aliphatic carbocycles. The molecule has 2 fully saturated rings. The summed E-state index contributed by atoms with van der Waals surface area (Å²) in [5.74, 6) is -0.592. The number of likely N-dealkylation sites (tertiary alicyclic amines) is 1. The lowest BCUT2D eigenvalue weighted by molar-refractivity contribution is -0.138. The molecule has 0 unspecified atom stereocenters. The average molecular weight is 395 g/mol. The summed E-state index contributed by atoms with van der Waals surface area (Å²) in [7, 11) is 0. The number of carboxylic acids is 1. The van der Waals surface area contributed by atoms with E-state index in [4.69, 9.17) is 0 Å². The van der Waals surface area contributed by atoms with E-state index in [9.17, 15) is 19.1 Å². The van der Waals surface area contributed by atoms with Crippen molar-refractivity contribution in [1.29, 1.82) is 0 Å². The number of carbonyl (C=O) groups excluding carboxylic acids is 1. The van der Waals surface area contributed by atoms with Gasteiger partial charge in [-0.05, 0) is 67.7 Å². The molecule has 1 saturated heterocycles. The Morgan fingerprint density at radius 1 is 1.00 bits per heavy atom. The van der Waals surface area contributed by atoms with Crippen LogP contribution in [0.25, 0.3) is 0 Å². The second-order valence-electron chi connectivity index (χ2n) is 8.45. The van der Waals surface area contributed by atoms with Crippen LogP contribution in [0.4, 0.5) is 4.39 Å². The maximum Gasteiger partial charge on any atom is 0.335 e. The zero-order valence-corrected chi connectivity index (χ0v) is 16.4. The van der Waals surface area contributed by atoms with E-state index in [1.54, 1.807) is 24.3 Å². The molecule has 2 aromatic carbocycles. The largest absolute Gasteiger partial charge is 0.478 e. The number of hydrogen-bond acceptors (Lipinski definition) is 2. The van der Waals surface area contributed by atoms with Crippen molar-refractivity contribution in [3.8, 4) is 0 Å². The van der Waals surface area contributed by atoms with Crippen LogP contribution < -0.4 is 0 Å². The summed E-state index contributed by atoms with van der Waals surface area (Å²) in [4.78, 5) is 26.5. The smallest absolute Gasteiger partial charge is 0.335 e. The van der Waals surface area contributed by atoms with Crippen molar-refractivity contribution in [2.24, 2.45) is 11.3 Å². The van der Waals surface area contributed by atoms with Gasteiger partial charge in [0.15, 0.2) is 0 Å². The summed E-state index contributed by atoms with van der Waals surface area (Å²) >= 11 is 0. The Hall–Kier alpha value is -2.69. The van der Waals surface area contributed by atoms with Crippen LogP contribution in [0.3, 0.4) is 0 Å². The molecule has 152 valence electrons. The second kappa shape index (κ2) is 7.97. The van der Waals surface area contributed by atoms with E-state index in [0.29, 0.717) is 36.6 Å². The molecule has 2 aromatic rings. The summed E-state index contributed by atoms with van der Waals surface area (Å²) in [5, 5.41) is 9.37. The number of carbonyl (C=O) groups is 2. The molecule has 0 atom stereocenters. The van der Waals surface area contributed by atoms with Gasteiger partial charge in [0.2, 0.25) is 5.91 Å². The van der Waals surface area contributed by atoms with E-state index in [0.717, 1.165) is 37.7 Å². The van der Waals surface area contributed by atoms with Crippen LogP contribution in [0.15, 0.2) is 48.5 Å². The van der Waals surface area contributed by atoms with Gasteiger partial charge in [0.1, 0.15) is 5.82 Å². The molecule has 1 saturated carbocycles. The van der Waals surface area contributed by atoms with E-state index in [-0.39, 0.29) is 11.7 Å². The Labute approximate surface area is 170 Å². The summed E-state index contributed by atoms with van der Waals surface area (Å²) < 4.78 is 14.0. The zero-order valence-electron chi connectivity index (χ0n) is 16.4. The van der Waals surface area contributed by atoms with Gasteiger partial charge in [-0.1, -0.05) is 36.4 Å². The minimum Gasteiger partial charge on any atom is -0.478 e. The Balaban J connectivity index is 1.36. The first-order valence-electron chi connectivity index (χ1n) is 10.3. The molecule has 4 nitrogen and oxygen atoms in total. The molecule has 0 radical (unpaired) electrons. The highest BCUT2D eigenvalue weighted by molar-refractivity contribution is 5.89. The number of carboxylic acid groups (broad SMARTS) is 1. The van der Waals surface area contributed by atoms with Gasteiger partial charge in [0.25, 0.3) is 0 Å². The average Bonchev–Trinajstić information content (AvgIpc) is 3.51. The molecule has 29 heavy (non-hydrogen) atoms. The minimum atomic E-state index is -0.892. The lowest BCUT2D eigenvalue weighted by atomic mass is 9.87. The van der Waals surface area contributed by atoms with Gasteiger partial charge in [0, 0.05) is 13.1 Å². The Bertz CT molecular complexity index is 914. The number of rotatable bonds is 6. The molecular formula is C24H26FNO3. The van der Waals surface area contributed by atoms with Crippen LogP contribution in [0.5, 0.6) is 0 Å². The fourth-order valence-corrected chi connectivity index (χ4v) is 4.52. The Morgan fingerprint density at radius 3 is 2.24 bits per heavy atom. The molecule has 1 aliphatic heterocycles. The fourth-order valence-electron chi connectivity index (χ4n) is 4.52. The lowest BCUT2D eigenvalue weighted by Crippen LogP contribution is -2.43. The van der Waals surface area contributed by atoms with Crippen LogP contribution in [0, 0.1) is 17.2 Å². The van der Waals surface area contributed by atoms with Crippen molar-refractivity contribution >= 4 is 11.9 Å². The predicted molar refractivity (Wildman–Crippen MR) is 108 cm³/mol. The van der Waals surface area contributed by atoms with Gasteiger partial charge in [-0.15, -0.1) is 0 Å². The molecule has 1 N–H and O–H groups in total. The highest BCUT2D eigenvalue weighted by Gasteiger charge is 2.52. The van der Waals surface area contributed by atoms with Gasteiger partial charge in [-0.2, -0.15) is 0 Å². The molecule has 0 bridgehead atoms. The third-order valence-electron chi connectivity index (χ3n) is 6.45. The van der Waals surface area contributed by atoms with E-state index in [1.807, 2.05) is 23.1 Å².